The summed E-state index contributed by atoms with van der Waals surface area (Å²) in [6.45, 7) is 1.79. The molecule has 2 atom stereocenters. The lowest BCUT2D eigenvalue weighted by atomic mass is 9.77. The van der Waals surface area contributed by atoms with Crippen molar-refractivity contribution in [3.63, 3.8) is 0 Å². The van der Waals surface area contributed by atoms with Gasteiger partial charge in [0.1, 0.15) is 0 Å². The lowest BCUT2D eigenvalue weighted by molar-refractivity contribution is -0.142. The minimum atomic E-state index is -0.704. The van der Waals surface area contributed by atoms with Crippen LogP contribution in [0.15, 0.2) is 18.5 Å². The maximum absolute atomic E-state index is 11.0. The molecule has 80 valence electrons. The number of fused-ring (bicyclic) bond motifs is 1. The average molecular weight is 205 g/mol. The number of carbonyl (C=O) groups is 1. The molecule has 1 aromatic rings. The summed E-state index contributed by atoms with van der Waals surface area (Å²) in [6.07, 6.45) is 6.71. The number of aromatic nitrogens is 1. The van der Waals surface area contributed by atoms with Crippen molar-refractivity contribution < 1.29 is 9.90 Å². The maximum Gasteiger partial charge on any atom is 0.306 e. The average Bonchev–Trinajstić information content (AvgIpc) is 2.27. The molecule has 0 amide bonds. The van der Waals surface area contributed by atoms with Crippen LogP contribution in [0.1, 0.15) is 36.8 Å². The third kappa shape index (κ3) is 1.87. The fourth-order valence-electron chi connectivity index (χ4n) is 2.37. The van der Waals surface area contributed by atoms with Gasteiger partial charge in [-0.15, -0.1) is 0 Å². The smallest absolute Gasteiger partial charge is 0.306 e. The van der Waals surface area contributed by atoms with E-state index in [1.165, 1.54) is 11.1 Å². The van der Waals surface area contributed by atoms with E-state index in [-0.39, 0.29) is 11.8 Å². The highest BCUT2D eigenvalue weighted by molar-refractivity contribution is 5.71. The van der Waals surface area contributed by atoms with Crippen LogP contribution < -0.4 is 0 Å². The van der Waals surface area contributed by atoms with E-state index in [1.807, 2.05) is 12.3 Å². The molecule has 15 heavy (non-hydrogen) atoms. The summed E-state index contributed by atoms with van der Waals surface area (Å²) < 4.78 is 0. The molecule has 0 saturated heterocycles. The largest absolute Gasteiger partial charge is 0.481 e. The van der Waals surface area contributed by atoms with Gasteiger partial charge >= 0.3 is 5.97 Å². The lowest BCUT2D eigenvalue weighted by Crippen LogP contribution is -2.22. The van der Waals surface area contributed by atoms with Crippen molar-refractivity contribution in [2.45, 2.75) is 32.1 Å². The SMILES string of the molecule is CC(C(=O)O)C1CCCc2cnccc21. The minimum Gasteiger partial charge on any atom is -0.481 e. The van der Waals surface area contributed by atoms with Gasteiger partial charge in [-0.3, -0.25) is 9.78 Å². The van der Waals surface area contributed by atoms with E-state index >= 15 is 0 Å². The van der Waals surface area contributed by atoms with E-state index in [2.05, 4.69) is 4.98 Å². The van der Waals surface area contributed by atoms with Gasteiger partial charge in [0.05, 0.1) is 5.92 Å². The summed E-state index contributed by atoms with van der Waals surface area (Å²) in [6, 6.07) is 1.97. The number of aryl methyl sites for hydroxylation is 1. The van der Waals surface area contributed by atoms with Gasteiger partial charge in [-0.2, -0.15) is 0 Å². The summed E-state index contributed by atoms with van der Waals surface area (Å²) in [5.74, 6) is -0.842. The van der Waals surface area contributed by atoms with E-state index in [1.54, 1.807) is 13.1 Å². The molecular weight excluding hydrogens is 190 g/mol. The number of nitrogens with zero attached hydrogens (tertiary/aromatic N) is 1. The number of hydrogen-bond acceptors (Lipinski definition) is 2. The van der Waals surface area contributed by atoms with E-state index < -0.39 is 5.97 Å². The van der Waals surface area contributed by atoms with Crippen LogP contribution in [-0.2, 0) is 11.2 Å². The first kappa shape index (κ1) is 10.1. The Balaban J connectivity index is 2.33. The van der Waals surface area contributed by atoms with Gasteiger partial charge in [0.2, 0.25) is 0 Å². The highest BCUT2D eigenvalue weighted by Crippen LogP contribution is 2.36. The molecule has 0 spiro atoms. The van der Waals surface area contributed by atoms with Gasteiger partial charge in [0.15, 0.2) is 0 Å². The first-order chi connectivity index (χ1) is 7.20. The Morgan fingerprint density at radius 2 is 2.47 bits per heavy atom. The second kappa shape index (κ2) is 4.01. The van der Waals surface area contributed by atoms with Crippen molar-refractivity contribution in [1.29, 1.82) is 0 Å². The molecule has 0 saturated carbocycles. The Morgan fingerprint density at radius 3 is 3.20 bits per heavy atom. The normalized spacial score (nSPS) is 21.8. The molecule has 0 aliphatic heterocycles. The molecular formula is C12H15NO2. The van der Waals surface area contributed by atoms with Crippen LogP contribution in [0.25, 0.3) is 0 Å². The lowest BCUT2D eigenvalue weighted by Gasteiger charge is -2.27. The molecule has 1 aliphatic rings. The van der Waals surface area contributed by atoms with E-state index in [4.69, 9.17) is 5.11 Å². The summed E-state index contributed by atoms with van der Waals surface area (Å²) in [5.41, 5.74) is 2.41. The van der Waals surface area contributed by atoms with Gasteiger partial charge in [-0.05, 0) is 42.4 Å². The van der Waals surface area contributed by atoms with Crippen molar-refractivity contribution in [3.8, 4) is 0 Å². The predicted molar refractivity (Wildman–Crippen MR) is 56.7 cm³/mol. The Kier molecular flexibility index (Phi) is 2.71. The standard InChI is InChI=1S/C12H15NO2/c1-8(12(14)15)10-4-2-3-9-7-13-6-5-11(9)10/h5-8,10H,2-4H2,1H3,(H,14,15). The van der Waals surface area contributed by atoms with Crippen molar-refractivity contribution in [1.82, 2.24) is 4.98 Å². The molecule has 1 aromatic heterocycles. The second-order valence-electron chi connectivity index (χ2n) is 4.20. The number of rotatable bonds is 2. The van der Waals surface area contributed by atoms with Crippen LogP contribution in [-0.4, -0.2) is 16.1 Å². The van der Waals surface area contributed by atoms with E-state index in [0.717, 1.165) is 19.3 Å². The highest BCUT2D eigenvalue weighted by atomic mass is 16.4. The van der Waals surface area contributed by atoms with Crippen molar-refractivity contribution in [3.05, 3.63) is 29.6 Å². The molecule has 3 heteroatoms. The van der Waals surface area contributed by atoms with Gasteiger partial charge < -0.3 is 5.11 Å². The summed E-state index contributed by atoms with van der Waals surface area (Å²) in [4.78, 5) is 15.1. The Bertz CT molecular complexity index is 376. The molecule has 1 aliphatic carbocycles. The monoisotopic (exact) mass is 205 g/mol. The number of carboxylic acid groups (broad SMARTS) is 1. The van der Waals surface area contributed by atoms with Crippen LogP contribution >= 0.6 is 0 Å². The maximum atomic E-state index is 11.0. The zero-order valence-electron chi connectivity index (χ0n) is 8.81. The molecule has 1 heterocycles. The van der Waals surface area contributed by atoms with E-state index in [9.17, 15) is 4.79 Å². The summed E-state index contributed by atoms with van der Waals surface area (Å²) in [7, 11) is 0. The first-order valence-electron chi connectivity index (χ1n) is 5.35. The highest BCUT2D eigenvalue weighted by Gasteiger charge is 2.29. The Labute approximate surface area is 89.2 Å². The van der Waals surface area contributed by atoms with Gasteiger partial charge in [0.25, 0.3) is 0 Å². The van der Waals surface area contributed by atoms with Gasteiger partial charge in [-0.25, -0.2) is 0 Å². The number of hydrogen-bond donors (Lipinski definition) is 1. The van der Waals surface area contributed by atoms with E-state index in [0.29, 0.717) is 0 Å². The zero-order chi connectivity index (χ0) is 10.8. The molecule has 0 radical (unpaired) electrons. The molecule has 1 N–H and O–H groups in total. The Hall–Kier alpha value is -1.38. The molecule has 0 bridgehead atoms. The fraction of sp³-hybridized carbons (Fsp3) is 0.500. The molecule has 2 unspecified atom stereocenters. The van der Waals surface area contributed by atoms with Crippen LogP contribution in [0.3, 0.4) is 0 Å². The number of pyridine rings is 1. The second-order valence-corrected chi connectivity index (χ2v) is 4.20. The topological polar surface area (TPSA) is 50.2 Å². The molecule has 0 aromatic carbocycles. The van der Waals surface area contributed by atoms with Gasteiger partial charge in [0, 0.05) is 12.4 Å². The van der Waals surface area contributed by atoms with Crippen LogP contribution in [0.5, 0.6) is 0 Å². The predicted octanol–water partition coefficient (Wildman–Crippen LogP) is 2.22. The van der Waals surface area contributed by atoms with Crippen molar-refractivity contribution in [2.24, 2.45) is 5.92 Å². The van der Waals surface area contributed by atoms with Crippen molar-refractivity contribution in [2.75, 3.05) is 0 Å². The quantitative estimate of drug-likeness (QED) is 0.805. The fourth-order valence-corrected chi connectivity index (χ4v) is 2.37. The van der Waals surface area contributed by atoms with Crippen LogP contribution in [0.2, 0.25) is 0 Å². The Morgan fingerprint density at radius 1 is 1.67 bits per heavy atom. The van der Waals surface area contributed by atoms with Gasteiger partial charge in [-0.1, -0.05) is 6.92 Å². The summed E-state index contributed by atoms with van der Waals surface area (Å²) in [5, 5.41) is 9.04. The van der Waals surface area contributed by atoms with Crippen LogP contribution in [0, 0.1) is 5.92 Å². The third-order valence-electron chi connectivity index (χ3n) is 3.30. The molecule has 3 nitrogen and oxygen atoms in total. The van der Waals surface area contributed by atoms with Crippen LogP contribution in [0.4, 0.5) is 0 Å². The number of carboxylic acids is 1. The van der Waals surface area contributed by atoms with Crippen molar-refractivity contribution >= 4 is 5.97 Å². The molecule has 0 fully saturated rings. The summed E-state index contributed by atoms with van der Waals surface area (Å²) >= 11 is 0. The third-order valence-corrected chi connectivity index (χ3v) is 3.30. The number of aliphatic carboxylic acids is 1. The molecule has 2 rings (SSSR count). The first-order valence-corrected chi connectivity index (χ1v) is 5.35. The minimum absolute atomic E-state index is 0.161. The zero-order valence-corrected chi connectivity index (χ0v) is 8.81.